The summed E-state index contributed by atoms with van der Waals surface area (Å²) >= 11 is 0. The molecule has 0 saturated heterocycles. The summed E-state index contributed by atoms with van der Waals surface area (Å²) in [6.45, 7) is 3.51. The van der Waals surface area contributed by atoms with E-state index >= 15 is 0 Å². The summed E-state index contributed by atoms with van der Waals surface area (Å²) in [6.07, 6.45) is 2.79. The third-order valence-electron chi connectivity index (χ3n) is 3.10. The highest BCUT2D eigenvalue weighted by Crippen LogP contribution is 2.17. The molecular formula is C14H19N3O3S. The van der Waals surface area contributed by atoms with Crippen LogP contribution in [0.2, 0.25) is 0 Å². The van der Waals surface area contributed by atoms with Crippen molar-refractivity contribution in [3.05, 3.63) is 48.3 Å². The van der Waals surface area contributed by atoms with Crippen LogP contribution in [0, 0.1) is 0 Å². The zero-order chi connectivity index (χ0) is 15.5. The van der Waals surface area contributed by atoms with E-state index in [1.165, 1.54) is 12.4 Å². The molecule has 0 spiro atoms. The van der Waals surface area contributed by atoms with Gasteiger partial charge in [-0.15, -0.1) is 0 Å². The van der Waals surface area contributed by atoms with Crippen LogP contribution in [0.4, 0.5) is 0 Å². The van der Waals surface area contributed by atoms with Gasteiger partial charge in [0.1, 0.15) is 4.90 Å². The van der Waals surface area contributed by atoms with E-state index in [0.29, 0.717) is 5.56 Å². The first-order valence-electron chi connectivity index (χ1n) is 6.66. The van der Waals surface area contributed by atoms with Gasteiger partial charge in [-0.05, 0) is 19.4 Å². The molecule has 2 N–H and O–H groups in total. The number of hydrogen-bond acceptors (Lipinski definition) is 4. The number of aliphatic hydroxyl groups excluding tert-OH is 1. The topological polar surface area (TPSA) is 84.2 Å². The fraction of sp³-hybridized carbons (Fsp3) is 0.357. The third kappa shape index (κ3) is 3.69. The fourth-order valence-corrected chi connectivity index (χ4v) is 3.05. The molecule has 1 atom stereocenters. The summed E-state index contributed by atoms with van der Waals surface area (Å²) in [7, 11) is -3.73. The van der Waals surface area contributed by atoms with Crippen molar-refractivity contribution in [3.63, 3.8) is 0 Å². The SMILES string of the molecule is CC(C)n1cc(S(=O)(=O)N[C@H](CO)c2ccccc2)cn1. The van der Waals surface area contributed by atoms with E-state index in [1.807, 2.05) is 19.9 Å². The smallest absolute Gasteiger partial charge is 0.244 e. The second-order valence-electron chi connectivity index (χ2n) is 5.02. The number of nitrogens with zero attached hydrogens (tertiary/aromatic N) is 2. The Balaban J connectivity index is 2.23. The number of aliphatic hydroxyl groups is 1. The molecule has 2 aromatic rings. The van der Waals surface area contributed by atoms with Crippen LogP contribution >= 0.6 is 0 Å². The van der Waals surface area contributed by atoms with Gasteiger partial charge in [-0.2, -0.15) is 5.10 Å². The Hall–Kier alpha value is -1.70. The molecule has 0 saturated carbocycles. The van der Waals surface area contributed by atoms with E-state index in [2.05, 4.69) is 9.82 Å². The summed E-state index contributed by atoms with van der Waals surface area (Å²) in [5.74, 6) is 0. The maximum absolute atomic E-state index is 12.3. The minimum atomic E-state index is -3.73. The van der Waals surface area contributed by atoms with E-state index in [4.69, 9.17) is 0 Å². The maximum Gasteiger partial charge on any atom is 0.244 e. The molecule has 114 valence electrons. The highest BCUT2D eigenvalue weighted by molar-refractivity contribution is 7.89. The average molecular weight is 309 g/mol. The Morgan fingerprint density at radius 3 is 2.48 bits per heavy atom. The lowest BCUT2D eigenvalue weighted by molar-refractivity contribution is 0.259. The molecule has 0 aliphatic carbocycles. The molecule has 0 unspecified atom stereocenters. The van der Waals surface area contributed by atoms with Gasteiger partial charge in [0.05, 0.1) is 18.8 Å². The van der Waals surface area contributed by atoms with Gasteiger partial charge in [0.25, 0.3) is 0 Å². The largest absolute Gasteiger partial charge is 0.394 e. The molecule has 1 aromatic carbocycles. The summed E-state index contributed by atoms with van der Waals surface area (Å²) in [5.41, 5.74) is 0.708. The molecule has 0 fully saturated rings. The van der Waals surface area contributed by atoms with Crippen LogP contribution in [0.5, 0.6) is 0 Å². The summed E-state index contributed by atoms with van der Waals surface area (Å²) in [5, 5.41) is 13.5. The van der Waals surface area contributed by atoms with Crippen LogP contribution in [-0.4, -0.2) is 29.9 Å². The lowest BCUT2D eigenvalue weighted by Crippen LogP contribution is -2.30. The fourth-order valence-electron chi connectivity index (χ4n) is 1.89. The van der Waals surface area contributed by atoms with Crippen molar-refractivity contribution >= 4 is 10.0 Å². The third-order valence-corrected chi connectivity index (χ3v) is 4.53. The Morgan fingerprint density at radius 1 is 1.29 bits per heavy atom. The molecule has 0 aliphatic rings. The zero-order valence-corrected chi connectivity index (χ0v) is 12.8. The van der Waals surface area contributed by atoms with Gasteiger partial charge in [-0.1, -0.05) is 30.3 Å². The monoisotopic (exact) mass is 309 g/mol. The predicted molar refractivity (Wildman–Crippen MR) is 79.2 cm³/mol. The molecule has 7 heteroatoms. The van der Waals surface area contributed by atoms with Crippen LogP contribution < -0.4 is 4.72 Å². The first kappa shape index (κ1) is 15.7. The first-order chi connectivity index (χ1) is 9.94. The quantitative estimate of drug-likeness (QED) is 0.846. The van der Waals surface area contributed by atoms with Gasteiger partial charge in [-0.3, -0.25) is 4.68 Å². The number of hydrogen-bond donors (Lipinski definition) is 2. The second kappa shape index (κ2) is 6.38. The van der Waals surface area contributed by atoms with Crippen molar-refractivity contribution in [2.45, 2.75) is 30.8 Å². The maximum atomic E-state index is 12.3. The minimum absolute atomic E-state index is 0.0803. The Kier molecular flexibility index (Phi) is 4.76. The molecule has 0 bridgehead atoms. The van der Waals surface area contributed by atoms with Crippen LogP contribution in [0.3, 0.4) is 0 Å². The number of aromatic nitrogens is 2. The molecule has 1 aromatic heterocycles. The standard InChI is InChI=1S/C14H19N3O3S/c1-11(2)17-9-13(8-15-17)21(19,20)16-14(10-18)12-6-4-3-5-7-12/h3-9,11,14,16,18H,10H2,1-2H3/t14-/m1/s1. The van der Waals surface area contributed by atoms with E-state index in [1.54, 1.807) is 28.9 Å². The highest BCUT2D eigenvalue weighted by atomic mass is 32.2. The van der Waals surface area contributed by atoms with Crippen LogP contribution in [-0.2, 0) is 10.0 Å². The van der Waals surface area contributed by atoms with E-state index in [-0.39, 0.29) is 17.5 Å². The van der Waals surface area contributed by atoms with Crippen molar-refractivity contribution in [1.29, 1.82) is 0 Å². The lowest BCUT2D eigenvalue weighted by atomic mass is 10.1. The molecule has 0 amide bonds. The highest BCUT2D eigenvalue weighted by Gasteiger charge is 2.22. The first-order valence-corrected chi connectivity index (χ1v) is 8.14. The summed E-state index contributed by atoms with van der Waals surface area (Å²) in [6, 6.07) is 8.35. The van der Waals surface area contributed by atoms with Gasteiger partial charge in [0.2, 0.25) is 10.0 Å². The molecule has 1 heterocycles. The molecule has 0 aliphatic heterocycles. The summed E-state index contributed by atoms with van der Waals surface area (Å²) in [4.78, 5) is 0.0885. The zero-order valence-electron chi connectivity index (χ0n) is 12.0. The van der Waals surface area contributed by atoms with Crippen LogP contribution in [0.25, 0.3) is 0 Å². The van der Waals surface area contributed by atoms with Crippen molar-refractivity contribution in [3.8, 4) is 0 Å². The Labute approximate surface area is 124 Å². The second-order valence-corrected chi connectivity index (χ2v) is 6.73. The van der Waals surface area contributed by atoms with Gasteiger partial charge in [-0.25, -0.2) is 13.1 Å². The van der Waals surface area contributed by atoms with Crippen molar-refractivity contribution < 1.29 is 13.5 Å². The van der Waals surface area contributed by atoms with E-state index in [0.717, 1.165) is 0 Å². The Morgan fingerprint density at radius 2 is 1.95 bits per heavy atom. The summed E-state index contributed by atoms with van der Waals surface area (Å²) < 4.78 is 28.7. The van der Waals surface area contributed by atoms with Gasteiger partial charge >= 0.3 is 0 Å². The van der Waals surface area contributed by atoms with Crippen molar-refractivity contribution in [1.82, 2.24) is 14.5 Å². The van der Waals surface area contributed by atoms with Crippen LogP contribution in [0.1, 0.15) is 31.5 Å². The minimum Gasteiger partial charge on any atom is -0.394 e. The number of rotatable bonds is 6. The average Bonchev–Trinajstić information content (AvgIpc) is 2.96. The molecule has 2 rings (SSSR count). The van der Waals surface area contributed by atoms with Crippen molar-refractivity contribution in [2.75, 3.05) is 6.61 Å². The molecular weight excluding hydrogens is 290 g/mol. The van der Waals surface area contributed by atoms with Gasteiger partial charge in [0, 0.05) is 12.2 Å². The Bertz CT molecular complexity index is 680. The number of benzene rings is 1. The van der Waals surface area contributed by atoms with Gasteiger partial charge < -0.3 is 5.11 Å². The van der Waals surface area contributed by atoms with E-state index in [9.17, 15) is 13.5 Å². The van der Waals surface area contributed by atoms with Gasteiger partial charge in [0.15, 0.2) is 0 Å². The normalized spacial score (nSPS) is 13.5. The number of sulfonamides is 1. The molecule has 0 radical (unpaired) electrons. The number of nitrogens with one attached hydrogen (secondary N) is 1. The molecule has 21 heavy (non-hydrogen) atoms. The molecule has 6 nitrogen and oxygen atoms in total. The van der Waals surface area contributed by atoms with Crippen LogP contribution in [0.15, 0.2) is 47.6 Å². The predicted octanol–water partition coefficient (Wildman–Crippen LogP) is 1.48. The van der Waals surface area contributed by atoms with Crippen molar-refractivity contribution in [2.24, 2.45) is 0 Å². The lowest BCUT2D eigenvalue weighted by Gasteiger charge is -2.16. The van der Waals surface area contributed by atoms with E-state index < -0.39 is 16.1 Å².